The molecule has 0 aliphatic carbocycles. The quantitative estimate of drug-likeness (QED) is 0.373. The van der Waals surface area contributed by atoms with E-state index >= 15 is 0 Å². The van der Waals surface area contributed by atoms with Crippen LogP contribution in [0, 0.1) is 0 Å². The summed E-state index contributed by atoms with van der Waals surface area (Å²) in [5, 5.41) is 11.0. The second-order valence-corrected chi connectivity index (χ2v) is 6.60. The van der Waals surface area contributed by atoms with Gasteiger partial charge in [0.1, 0.15) is 0 Å². The van der Waals surface area contributed by atoms with Crippen LogP contribution >= 0.6 is 11.3 Å². The van der Waals surface area contributed by atoms with Gasteiger partial charge in [-0.05, 0) is 62.8 Å². The molecule has 0 radical (unpaired) electrons. The molecular formula is C17H32N4S. The van der Waals surface area contributed by atoms with Gasteiger partial charge in [-0.25, -0.2) is 4.99 Å². The molecule has 0 atom stereocenters. The Balaban J connectivity index is 2.09. The van der Waals surface area contributed by atoms with E-state index in [2.05, 4.69) is 58.4 Å². The second-order valence-electron chi connectivity index (χ2n) is 5.82. The number of guanidine groups is 1. The molecule has 5 heteroatoms. The molecule has 0 aromatic carbocycles. The normalized spacial score (nSPS) is 11.9. The Bertz CT molecular complexity index is 387. The van der Waals surface area contributed by atoms with E-state index in [4.69, 9.17) is 0 Å². The van der Waals surface area contributed by atoms with Gasteiger partial charge in [-0.3, -0.25) is 0 Å². The van der Waals surface area contributed by atoms with Gasteiger partial charge in [-0.15, -0.1) is 0 Å². The van der Waals surface area contributed by atoms with Crippen molar-refractivity contribution in [1.29, 1.82) is 0 Å². The van der Waals surface area contributed by atoms with Crippen molar-refractivity contribution in [3.05, 3.63) is 22.4 Å². The summed E-state index contributed by atoms with van der Waals surface area (Å²) in [5.41, 5.74) is 1.28. The SMILES string of the molecule is CCNC(=NCc1ccsc1)NCCCCCCCN(C)C. The Kier molecular flexibility index (Phi) is 10.8. The third-order valence-electron chi connectivity index (χ3n) is 3.42. The zero-order valence-corrected chi connectivity index (χ0v) is 15.2. The van der Waals surface area contributed by atoms with E-state index in [-0.39, 0.29) is 0 Å². The van der Waals surface area contributed by atoms with Gasteiger partial charge in [0.05, 0.1) is 6.54 Å². The number of unbranched alkanes of at least 4 members (excludes halogenated alkanes) is 4. The first-order valence-corrected chi connectivity index (χ1v) is 9.34. The minimum Gasteiger partial charge on any atom is -0.357 e. The molecule has 1 heterocycles. The Labute approximate surface area is 140 Å². The van der Waals surface area contributed by atoms with Gasteiger partial charge in [0.2, 0.25) is 0 Å². The van der Waals surface area contributed by atoms with Crippen molar-refractivity contribution >= 4 is 17.3 Å². The Morgan fingerprint density at radius 2 is 1.91 bits per heavy atom. The van der Waals surface area contributed by atoms with Crippen LogP contribution < -0.4 is 10.6 Å². The van der Waals surface area contributed by atoms with Crippen molar-refractivity contribution in [1.82, 2.24) is 15.5 Å². The fourth-order valence-corrected chi connectivity index (χ4v) is 2.84. The highest BCUT2D eigenvalue weighted by Gasteiger charge is 1.98. The van der Waals surface area contributed by atoms with Gasteiger partial charge in [-0.1, -0.05) is 19.3 Å². The predicted octanol–water partition coefficient (Wildman–Crippen LogP) is 3.32. The molecule has 1 aromatic rings. The smallest absolute Gasteiger partial charge is 0.191 e. The van der Waals surface area contributed by atoms with Crippen LogP contribution in [0.1, 0.15) is 44.6 Å². The lowest BCUT2D eigenvalue weighted by Crippen LogP contribution is -2.37. The standard InChI is InChI=1S/C17H32N4S/c1-4-18-17(20-14-16-10-13-22-15-16)19-11-8-6-5-7-9-12-21(2)3/h10,13,15H,4-9,11-12,14H2,1-3H3,(H2,18,19,20). The molecule has 0 bridgehead atoms. The lowest BCUT2D eigenvalue weighted by atomic mass is 10.1. The van der Waals surface area contributed by atoms with Crippen molar-refractivity contribution in [2.45, 2.75) is 45.6 Å². The number of rotatable bonds is 11. The topological polar surface area (TPSA) is 39.7 Å². The molecule has 1 rings (SSSR count). The van der Waals surface area contributed by atoms with Gasteiger partial charge in [-0.2, -0.15) is 11.3 Å². The maximum atomic E-state index is 4.62. The molecule has 0 fully saturated rings. The minimum absolute atomic E-state index is 0.753. The highest BCUT2D eigenvalue weighted by molar-refractivity contribution is 7.07. The largest absolute Gasteiger partial charge is 0.357 e. The van der Waals surface area contributed by atoms with Crippen LogP contribution in [-0.4, -0.2) is 44.6 Å². The predicted molar refractivity (Wildman–Crippen MR) is 98.8 cm³/mol. The van der Waals surface area contributed by atoms with Crippen molar-refractivity contribution in [3.63, 3.8) is 0 Å². The van der Waals surface area contributed by atoms with Gasteiger partial charge in [0, 0.05) is 13.1 Å². The molecule has 0 aliphatic rings. The number of hydrogen-bond donors (Lipinski definition) is 2. The van der Waals surface area contributed by atoms with Crippen molar-refractivity contribution in [2.24, 2.45) is 4.99 Å². The third kappa shape index (κ3) is 9.79. The van der Waals surface area contributed by atoms with Gasteiger partial charge in [0.15, 0.2) is 5.96 Å². The molecule has 4 nitrogen and oxygen atoms in total. The number of thiophene rings is 1. The minimum atomic E-state index is 0.753. The molecule has 0 saturated heterocycles. The molecule has 1 aromatic heterocycles. The van der Waals surface area contributed by atoms with Gasteiger partial charge < -0.3 is 15.5 Å². The van der Waals surface area contributed by atoms with E-state index in [1.165, 1.54) is 44.2 Å². The fourth-order valence-electron chi connectivity index (χ4n) is 2.18. The van der Waals surface area contributed by atoms with E-state index in [1.54, 1.807) is 11.3 Å². The molecule has 2 N–H and O–H groups in total. The second kappa shape index (κ2) is 12.5. The molecule has 0 aliphatic heterocycles. The van der Waals surface area contributed by atoms with Crippen LogP contribution in [0.3, 0.4) is 0 Å². The number of aliphatic imine (C=N–C) groups is 1. The van der Waals surface area contributed by atoms with Crippen molar-refractivity contribution in [2.75, 3.05) is 33.7 Å². The molecule has 0 unspecified atom stereocenters. The van der Waals surface area contributed by atoms with E-state index < -0.39 is 0 Å². The third-order valence-corrected chi connectivity index (χ3v) is 4.15. The molecular weight excluding hydrogens is 292 g/mol. The average Bonchev–Trinajstić information content (AvgIpc) is 3.00. The average molecular weight is 325 g/mol. The first kappa shape index (κ1) is 19.0. The van der Waals surface area contributed by atoms with Crippen LogP contribution in [0.5, 0.6) is 0 Å². The van der Waals surface area contributed by atoms with E-state index in [0.717, 1.165) is 25.6 Å². The maximum Gasteiger partial charge on any atom is 0.191 e. The van der Waals surface area contributed by atoms with E-state index in [1.807, 2.05) is 0 Å². The Morgan fingerprint density at radius 1 is 1.14 bits per heavy atom. The zero-order chi connectivity index (χ0) is 16.0. The first-order valence-electron chi connectivity index (χ1n) is 8.40. The van der Waals surface area contributed by atoms with Crippen LogP contribution in [0.25, 0.3) is 0 Å². The summed E-state index contributed by atoms with van der Waals surface area (Å²) in [7, 11) is 4.28. The highest BCUT2D eigenvalue weighted by atomic mass is 32.1. The number of hydrogen-bond acceptors (Lipinski definition) is 3. The highest BCUT2D eigenvalue weighted by Crippen LogP contribution is 2.07. The van der Waals surface area contributed by atoms with Crippen molar-refractivity contribution in [3.8, 4) is 0 Å². The molecule has 0 saturated carbocycles. The van der Waals surface area contributed by atoms with Crippen LogP contribution in [0.4, 0.5) is 0 Å². The summed E-state index contributed by atoms with van der Waals surface area (Å²) in [6.07, 6.45) is 6.49. The summed E-state index contributed by atoms with van der Waals surface area (Å²) in [4.78, 5) is 6.88. The summed E-state index contributed by atoms with van der Waals surface area (Å²) < 4.78 is 0. The summed E-state index contributed by atoms with van der Waals surface area (Å²) >= 11 is 1.72. The molecule has 0 amide bonds. The molecule has 0 spiro atoms. The molecule has 126 valence electrons. The summed E-state index contributed by atoms with van der Waals surface area (Å²) in [6, 6.07) is 2.13. The lowest BCUT2D eigenvalue weighted by molar-refractivity contribution is 0.389. The van der Waals surface area contributed by atoms with Crippen molar-refractivity contribution < 1.29 is 0 Å². The monoisotopic (exact) mass is 324 g/mol. The summed E-state index contributed by atoms with van der Waals surface area (Å²) in [6.45, 7) is 5.97. The maximum absolute atomic E-state index is 4.62. The lowest BCUT2D eigenvalue weighted by Gasteiger charge is -2.11. The summed E-state index contributed by atoms with van der Waals surface area (Å²) in [5.74, 6) is 0.932. The number of nitrogens with zero attached hydrogens (tertiary/aromatic N) is 2. The Hall–Kier alpha value is -1.07. The van der Waals surface area contributed by atoms with Crippen LogP contribution in [-0.2, 0) is 6.54 Å². The van der Waals surface area contributed by atoms with Gasteiger partial charge in [0.25, 0.3) is 0 Å². The zero-order valence-electron chi connectivity index (χ0n) is 14.4. The van der Waals surface area contributed by atoms with E-state index in [0.29, 0.717) is 0 Å². The fraction of sp³-hybridized carbons (Fsp3) is 0.706. The Morgan fingerprint density at radius 3 is 2.59 bits per heavy atom. The van der Waals surface area contributed by atoms with Crippen LogP contribution in [0.15, 0.2) is 21.8 Å². The van der Waals surface area contributed by atoms with Crippen LogP contribution in [0.2, 0.25) is 0 Å². The first-order chi connectivity index (χ1) is 10.7. The van der Waals surface area contributed by atoms with Gasteiger partial charge >= 0.3 is 0 Å². The molecule has 22 heavy (non-hydrogen) atoms. The van der Waals surface area contributed by atoms with E-state index in [9.17, 15) is 0 Å². The number of nitrogens with one attached hydrogen (secondary N) is 2.